The smallest absolute Gasteiger partial charge is 0.319 e. The van der Waals surface area contributed by atoms with E-state index in [0.717, 1.165) is 33.6 Å². The van der Waals surface area contributed by atoms with E-state index >= 15 is 0 Å². The van der Waals surface area contributed by atoms with Gasteiger partial charge < -0.3 is 24.7 Å². The van der Waals surface area contributed by atoms with Gasteiger partial charge in [-0.2, -0.15) is 0 Å². The van der Waals surface area contributed by atoms with Gasteiger partial charge in [-0.3, -0.25) is 0 Å². The molecule has 3 aromatic carbocycles. The minimum atomic E-state index is -0.303. The van der Waals surface area contributed by atoms with Crippen LogP contribution in [0.3, 0.4) is 0 Å². The number of urea groups is 1. The van der Waals surface area contributed by atoms with Crippen molar-refractivity contribution in [3.8, 4) is 22.1 Å². The summed E-state index contributed by atoms with van der Waals surface area (Å²) in [6, 6.07) is 28.0. The van der Waals surface area contributed by atoms with Crippen molar-refractivity contribution in [3.05, 3.63) is 101 Å². The maximum absolute atomic E-state index is 12.9. The molecule has 0 spiro atoms. The van der Waals surface area contributed by atoms with Crippen LogP contribution in [0.2, 0.25) is 0 Å². The molecular weight excluding hydrogens is 470 g/mol. The van der Waals surface area contributed by atoms with E-state index in [-0.39, 0.29) is 6.03 Å². The van der Waals surface area contributed by atoms with E-state index < -0.39 is 0 Å². The number of ether oxygens (including phenoxy) is 2. The Morgan fingerprint density at radius 3 is 2.31 bits per heavy atom. The fourth-order valence-electron chi connectivity index (χ4n) is 4.40. The average Bonchev–Trinajstić information content (AvgIpc) is 3.54. The molecule has 0 atom stereocenters. The standard InChI is InChI=1S/C29H27N3O3S/c1-34-22-15-21(16-23(17-22)35-2)31-29(33)30-18-25-24-11-6-7-12-26(24)32(19-20-9-4-3-5-10-20)28(25)27-13-8-14-36-27/h3-17H,18-19H2,1-2H3,(H2,30,31,33). The lowest BCUT2D eigenvalue weighted by Crippen LogP contribution is -2.28. The van der Waals surface area contributed by atoms with Crippen LogP contribution in [-0.4, -0.2) is 24.8 Å². The van der Waals surface area contributed by atoms with Gasteiger partial charge in [0.2, 0.25) is 0 Å². The summed E-state index contributed by atoms with van der Waals surface area (Å²) >= 11 is 1.70. The number of hydrogen-bond acceptors (Lipinski definition) is 4. The van der Waals surface area contributed by atoms with E-state index in [9.17, 15) is 4.79 Å². The highest BCUT2D eigenvalue weighted by Gasteiger charge is 2.20. The molecule has 7 heteroatoms. The molecule has 0 aliphatic rings. The highest BCUT2D eigenvalue weighted by molar-refractivity contribution is 7.13. The number of carbonyl (C=O) groups is 1. The third kappa shape index (κ3) is 4.92. The fourth-order valence-corrected chi connectivity index (χ4v) is 5.21. The molecule has 2 aromatic heterocycles. The Morgan fingerprint density at radius 1 is 0.889 bits per heavy atom. The second kappa shape index (κ2) is 10.6. The van der Waals surface area contributed by atoms with Crippen LogP contribution in [0.1, 0.15) is 11.1 Å². The van der Waals surface area contributed by atoms with E-state index in [4.69, 9.17) is 9.47 Å². The number of benzene rings is 3. The van der Waals surface area contributed by atoms with Crippen molar-refractivity contribution in [2.24, 2.45) is 0 Å². The number of nitrogens with zero attached hydrogens (tertiary/aromatic N) is 1. The molecule has 2 amide bonds. The Balaban J connectivity index is 1.47. The summed E-state index contributed by atoms with van der Waals surface area (Å²) in [5.74, 6) is 1.21. The number of thiophene rings is 1. The van der Waals surface area contributed by atoms with Crippen LogP contribution >= 0.6 is 11.3 Å². The zero-order valence-corrected chi connectivity index (χ0v) is 21.0. The summed E-state index contributed by atoms with van der Waals surface area (Å²) in [6.45, 7) is 1.12. The number of anilines is 1. The number of para-hydroxylation sites is 1. The second-order valence-corrected chi connectivity index (χ2v) is 9.25. The van der Waals surface area contributed by atoms with Crippen molar-refractivity contribution >= 4 is 34.0 Å². The summed E-state index contributed by atoms with van der Waals surface area (Å²) < 4.78 is 13.0. The molecular formula is C29H27N3O3S. The molecule has 0 fully saturated rings. The van der Waals surface area contributed by atoms with Crippen LogP contribution in [0.25, 0.3) is 21.5 Å². The SMILES string of the molecule is COc1cc(NC(=O)NCc2c(-c3cccs3)n(Cc3ccccc3)c3ccccc23)cc(OC)c1. The maximum atomic E-state index is 12.9. The normalized spacial score (nSPS) is 10.8. The lowest BCUT2D eigenvalue weighted by molar-refractivity contribution is 0.252. The number of nitrogens with one attached hydrogen (secondary N) is 2. The van der Waals surface area contributed by atoms with Crippen molar-refractivity contribution in [1.29, 1.82) is 0 Å². The Hall–Kier alpha value is -4.23. The molecule has 0 saturated heterocycles. The third-order valence-electron chi connectivity index (χ3n) is 6.05. The van der Waals surface area contributed by atoms with Crippen LogP contribution in [0.5, 0.6) is 11.5 Å². The van der Waals surface area contributed by atoms with Crippen LogP contribution in [0, 0.1) is 0 Å². The summed E-state index contributed by atoms with van der Waals surface area (Å²) in [7, 11) is 3.16. The van der Waals surface area contributed by atoms with Crippen LogP contribution in [-0.2, 0) is 13.1 Å². The highest BCUT2D eigenvalue weighted by atomic mass is 32.1. The molecule has 0 aliphatic carbocycles. The minimum absolute atomic E-state index is 0.303. The Morgan fingerprint density at radius 2 is 1.61 bits per heavy atom. The minimum Gasteiger partial charge on any atom is -0.497 e. The number of amides is 2. The van der Waals surface area contributed by atoms with Crippen molar-refractivity contribution in [3.63, 3.8) is 0 Å². The fraction of sp³-hybridized carbons (Fsp3) is 0.138. The lowest BCUT2D eigenvalue weighted by atomic mass is 10.1. The van der Waals surface area contributed by atoms with Crippen LogP contribution in [0.4, 0.5) is 10.5 Å². The molecule has 2 N–H and O–H groups in total. The van der Waals surface area contributed by atoms with Crippen molar-refractivity contribution in [1.82, 2.24) is 9.88 Å². The molecule has 6 nitrogen and oxygen atoms in total. The lowest BCUT2D eigenvalue weighted by Gasteiger charge is -2.13. The van der Waals surface area contributed by atoms with Gasteiger partial charge in [0.25, 0.3) is 0 Å². The summed E-state index contributed by atoms with van der Waals surface area (Å²) in [6.07, 6.45) is 0. The number of rotatable bonds is 8. The Kier molecular flexibility index (Phi) is 6.91. The first kappa shape index (κ1) is 23.5. The number of aromatic nitrogens is 1. The van der Waals surface area contributed by atoms with Crippen LogP contribution in [0.15, 0.2) is 90.3 Å². The van der Waals surface area contributed by atoms with Gasteiger partial charge in [-0.05, 0) is 23.1 Å². The largest absolute Gasteiger partial charge is 0.497 e. The molecule has 36 heavy (non-hydrogen) atoms. The van der Waals surface area contributed by atoms with Crippen molar-refractivity contribution in [2.75, 3.05) is 19.5 Å². The van der Waals surface area contributed by atoms with Gasteiger partial charge in [-0.1, -0.05) is 54.6 Å². The summed E-state index contributed by atoms with van der Waals surface area (Å²) in [4.78, 5) is 14.1. The van der Waals surface area contributed by atoms with Gasteiger partial charge in [0.05, 0.1) is 24.8 Å². The van der Waals surface area contributed by atoms with E-state index in [2.05, 4.69) is 75.2 Å². The van der Waals surface area contributed by atoms with E-state index in [1.807, 2.05) is 12.1 Å². The van der Waals surface area contributed by atoms with Gasteiger partial charge in [-0.25, -0.2) is 4.79 Å². The number of carbonyl (C=O) groups excluding carboxylic acids is 1. The zero-order valence-electron chi connectivity index (χ0n) is 20.2. The molecule has 0 saturated carbocycles. The molecule has 182 valence electrons. The van der Waals surface area contributed by atoms with Crippen molar-refractivity contribution < 1.29 is 14.3 Å². The highest BCUT2D eigenvalue weighted by Crippen LogP contribution is 2.37. The summed E-state index contributed by atoms with van der Waals surface area (Å²) in [5.41, 5.74) is 5.16. The quantitative estimate of drug-likeness (QED) is 0.249. The van der Waals surface area contributed by atoms with Gasteiger partial charge in [0.15, 0.2) is 0 Å². The molecule has 5 rings (SSSR count). The topological polar surface area (TPSA) is 64.5 Å². The van der Waals surface area contributed by atoms with Gasteiger partial charge in [-0.15, -0.1) is 11.3 Å². The monoisotopic (exact) mass is 497 g/mol. The third-order valence-corrected chi connectivity index (χ3v) is 6.93. The molecule has 0 aliphatic heterocycles. The molecule has 0 radical (unpaired) electrons. The Bertz CT molecular complexity index is 1450. The second-order valence-electron chi connectivity index (χ2n) is 8.30. The first-order valence-electron chi connectivity index (χ1n) is 11.6. The zero-order chi connectivity index (χ0) is 24.9. The maximum Gasteiger partial charge on any atom is 0.319 e. The predicted octanol–water partition coefficient (Wildman–Crippen LogP) is 6.76. The molecule has 2 heterocycles. The predicted molar refractivity (Wildman–Crippen MR) is 146 cm³/mol. The van der Waals surface area contributed by atoms with E-state index in [1.54, 1.807) is 43.8 Å². The number of hydrogen-bond donors (Lipinski definition) is 2. The number of fused-ring (bicyclic) bond motifs is 1. The molecule has 0 bridgehead atoms. The van der Waals surface area contributed by atoms with Gasteiger partial charge in [0, 0.05) is 53.4 Å². The first-order valence-corrected chi connectivity index (χ1v) is 12.5. The van der Waals surface area contributed by atoms with Crippen molar-refractivity contribution in [2.45, 2.75) is 13.1 Å². The van der Waals surface area contributed by atoms with E-state index in [1.165, 1.54) is 5.56 Å². The molecule has 5 aromatic rings. The average molecular weight is 498 g/mol. The van der Waals surface area contributed by atoms with Gasteiger partial charge >= 0.3 is 6.03 Å². The first-order chi connectivity index (χ1) is 17.7. The van der Waals surface area contributed by atoms with E-state index in [0.29, 0.717) is 23.7 Å². The van der Waals surface area contributed by atoms with Crippen LogP contribution < -0.4 is 20.1 Å². The molecule has 0 unspecified atom stereocenters. The van der Waals surface area contributed by atoms with Gasteiger partial charge in [0.1, 0.15) is 11.5 Å². The Labute approximate surface area is 214 Å². The number of methoxy groups -OCH3 is 2. The summed E-state index contributed by atoms with van der Waals surface area (Å²) in [5, 5.41) is 9.16.